The van der Waals surface area contributed by atoms with E-state index < -0.39 is 10.0 Å². The minimum absolute atomic E-state index is 0.106. The van der Waals surface area contributed by atoms with E-state index in [-0.39, 0.29) is 23.4 Å². The maximum absolute atomic E-state index is 12.7. The smallest absolute Gasteiger partial charge is 0.251 e. The van der Waals surface area contributed by atoms with E-state index in [0.717, 1.165) is 12.4 Å². The molecule has 0 unspecified atom stereocenters. The summed E-state index contributed by atoms with van der Waals surface area (Å²) in [6, 6.07) is 5.93. The Labute approximate surface area is 153 Å². The van der Waals surface area contributed by atoms with Crippen molar-refractivity contribution < 1.29 is 13.2 Å². The molecule has 0 spiro atoms. The number of nitrogens with one attached hydrogen (secondary N) is 1. The number of aryl methyl sites for hydroxylation is 1. The lowest BCUT2D eigenvalue weighted by Gasteiger charge is -2.16. The molecule has 0 aliphatic carbocycles. The van der Waals surface area contributed by atoms with E-state index in [1.165, 1.54) is 16.4 Å². The summed E-state index contributed by atoms with van der Waals surface area (Å²) >= 11 is 0. The number of carbonyl (C=O) groups is 1. The van der Waals surface area contributed by atoms with Crippen LogP contribution in [-0.2, 0) is 23.1 Å². The van der Waals surface area contributed by atoms with Gasteiger partial charge in [0.1, 0.15) is 5.82 Å². The molecule has 1 aromatic heterocycles. The third-order valence-electron chi connectivity index (χ3n) is 4.47. The zero-order valence-corrected chi connectivity index (χ0v) is 15.4. The first-order valence-corrected chi connectivity index (χ1v) is 10.00. The molecule has 3 rings (SSSR count). The largest absolute Gasteiger partial charge is 0.345 e. The summed E-state index contributed by atoms with van der Waals surface area (Å²) in [7, 11) is -3.64. The molecular formula is C17H23N5O3S. The average Bonchev–Trinajstić information content (AvgIpc) is 3.28. The quantitative estimate of drug-likeness (QED) is 0.764. The molecular weight excluding hydrogens is 354 g/mol. The molecule has 9 heteroatoms. The zero-order chi connectivity index (χ0) is 18.7. The number of hydrogen-bond acceptors (Lipinski definition) is 5. The van der Waals surface area contributed by atoms with Crippen LogP contribution in [0.1, 0.15) is 29.5 Å². The highest BCUT2D eigenvalue weighted by Crippen LogP contribution is 2.21. The number of benzene rings is 1. The van der Waals surface area contributed by atoms with Gasteiger partial charge in [0.05, 0.1) is 11.4 Å². The summed E-state index contributed by atoms with van der Waals surface area (Å²) in [6.45, 7) is 3.73. The molecule has 1 amide bonds. The molecule has 1 atom stereocenters. The van der Waals surface area contributed by atoms with Gasteiger partial charge in [-0.05, 0) is 31.5 Å². The number of amides is 1. The Balaban J connectivity index is 1.73. The zero-order valence-electron chi connectivity index (χ0n) is 14.6. The summed E-state index contributed by atoms with van der Waals surface area (Å²) in [4.78, 5) is 16.7. The second-order valence-corrected chi connectivity index (χ2v) is 8.19. The van der Waals surface area contributed by atoms with Crippen LogP contribution in [0.15, 0.2) is 41.6 Å². The van der Waals surface area contributed by atoms with Crippen LogP contribution >= 0.6 is 0 Å². The fourth-order valence-corrected chi connectivity index (χ4v) is 4.53. The van der Waals surface area contributed by atoms with Crippen molar-refractivity contribution in [2.75, 3.05) is 13.1 Å². The highest BCUT2D eigenvalue weighted by Gasteiger charge is 2.31. The average molecular weight is 377 g/mol. The van der Waals surface area contributed by atoms with Gasteiger partial charge >= 0.3 is 0 Å². The third-order valence-corrected chi connectivity index (χ3v) is 6.33. The molecule has 1 aliphatic heterocycles. The van der Waals surface area contributed by atoms with E-state index in [4.69, 9.17) is 5.73 Å². The maximum atomic E-state index is 12.7. The Bertz CT molecular complexity index is 893. The Morgan fingerprint density at radius 3 is 2.92 bits per heavy atom. The van der Waals surface area contributed by atoms with Gasteiger partial charge in [-0.3, -0.25) is 4.79 Å². The van der Waals surface area contributed by atoms with Crippen LogP contribution < -0.4 is 11.1 Å². The van der Waals surface area contributed by atoms with E-state index >= 15 is 0 Å². The number of imidazole rings is 1. The van der Waals surface area contributed by atoms with Crippen LogP contribution in [0.5, 0.6) is 0 Å². The first-order valence-electron chi connectivity index (χ1n) is 8.56. The van der Waals surface area contributed by atoms with Crippen molar-refractivity contribution >= 4 is 15.9 Å². The van der Waals surface area contributed by atoms with Gasteiger partial charge in [0, 0.05) is 43.6 Å². The van der Waals surface area contributed by atoms with Gasteiger partial charge < -0.3 is 15.6 Å². The van der Waals surface area contributed by atoms with Crippen molar-refractivity contribution in [1.82, 2.24) is 19.2 Å². The Hall–Kier alpha value is -2.23. The maximum Gasteiger partial charge on any atom is 0.251 e. The van der Waals surface area contributed by atoms with E-state index in [1.54, 1.807) is 18.3 Å². The number of nitrogens with two attached hydrogens (primary N) is 1. The van der Waals surface area contributed by atoms with Crippen molar-refractivity contribution in [3.05, 3.63) is 48.0 Å². The first kappa shape index (κ1) is 18.6. The Morgan fingerprint density at radius 1 is 1.42 bits per heavy atom. The van der Waals surface area contributed by atoms with Gasteiger partial charge in [-0.2, -0.15) is 4.31 Å². The molecule has 0 radical (unpaired) electrons. The van der Waals surface area contributed by atoms with Crippen LogP contribution in [0, 0.1) is 0 Å². The molecule has 1 fully saturated rings. The number of carbonyl (C=O) groups excluding carboxylic acids is 1. The summed E-state index contributed by atoms with van der Waals surface area (Å²) in [5.74, 6) is 0.404. The molecule has 2 aromatic rings. The first-order chi connectivity index (χ1) is 12.4. The number of nitrogens with zero attached hydrogens (tertiary/aromatic N) is 3. The molecule has 3 N–H and O–H groups in total. The summed E-state index contributed by atoms with van der Waals surface area (Å²) in [5, 5.41) is 2.78. The normalized spacial score (nSPS) is 18.2. The summed E-state index contributed by atoms with van der Waals surface area (Å²) in [5.41, 5.74) is 6.10. The Morgan fingerprint density at radius 2 is 2.23 bits per heavy atom. The third kappa shape index (κ3) is 3.79. The second-order valence-electron chi connectivity index (χ2n) is 6.25. The van der Waals surface area contributed by atoms with E-state index in [2.05, 4.69) is 10.3 Å². The number of aromatic nitrogens is 2. The molecule has 1 saturated heterocycles. The van der Waals surface area contributed by atoms with E-state index in [1.807, 2.05) is 17.7 Å². The van der Waals surface area contributed by atoms with Crippen molar-refractivity contribution in [3.63, 3.8) is 0 Å². The summed E-state index contributed by atoms with van der Waals surface area (Å²) < 4.78 is 28.7. The highest BCUT2D eigenvalue weighted by atomic mass is 32.2. The number of sulfonamides is 1. The lowest BCUT2D eigenvalue weighted by Crippen LogP contribution is -2.32. The van der Waals surface area contributed by atoms with Crippen LogP contribution in [0.4, 0.5) is 0 Å². The van der Waals surface area contributed by atoms with Crippen molar-refractivity contribution in [1.29, 1.82) is 0 Å². The predicted octanol–water partition coefficient (Wildman–Crippen LogP) is 0.555. The van der Waals surface area contributed by atoms with Crippen LogP contribution in [-0.4, -0.2) is 47.3 Å². The standard InChI is InChI=1S/C17H23N5O3S/c1-2-21-9-7-19-16(21)11-20-17(23)13-4-3-5-15(10-13)26(24,25)22-8-6-14(18)12-22/h3-5,7,9-10,14H,2,6,8,11-12,18H2,1H3,(H,20,23)/t14-/m1/s1. The van der Waals surface area contributed by atoms with Gasteiger partial charge in [0.2, 0.25) is 10.0 Å². The topological polar surface area (TPSA) is 110 Å². The SMILES string of the molecule is CCn1ccnc1CNC(=O)c1cccc(S(=O)(=O)N2CC[C@@H](N)C2)c1. The molecule has 140 valence electrons. The molecule has 1 aliphatic rings. The fraction of sp³-hybridized carbons (Fsp3) is 0.412. The Kier molecular flexibility index (Phi) is 5.40. The van der Waals surface area contributed by atoms with Gasteiger partial charge in [0.25, 0.3) is 5.91 Å². The summed E-state index contributed by atoms with van der Waals surface area (Å²) in [6.07, 6.45) is 4.16. The second kappa shape index (κ2) is 7.56. The molecule has 0 saturated carbocycles. The minimum atomic E-state index is -3.64. The minimum Gasteiger partial charge on any atom is -0.345 e. The molecule has 2 heterocycles. The van der Waals surface area contributed by atoms with Crippen molar-refractivity contribution in [2.45, 2.75) is 37.4 Å². The van der Waals surface area contributed by atoms with Crippen molar-refractivity contribution in [3.8, 4) is 0 Å². The molecule has 26 heavy (non-hydrogen) atoms. The van der Waals surface area contributed by atoms with Crippen LogP contribution in [0.3, 0.4) is 0 Å². The number of rotatable bonds is 6. The van der Waals surface area contributed by atoms with E-state index in [0.29, 0.717) is 25.1 Å². The van der Waals surface area contributed by atoms with Crippen LogP contribution in [0.2, 0.25) is 0 Å². The van der Waals surface area contributed by atoms with Gasteiger partial charge in [-0.15, -0.1) is 0 Å². The molecule has 0 bridgehead atoms. The lowest BCUT2D eigenvalue weighted by atomic mass is 10.2. The van der Waals surface area contributed by atoms with Crippen molar-refractivity contribution in [2.24, 2.45) is 5.73 Å². The van der Waals surface area contributed by atoms with Gasteiger partial charge in [0.15, 0.2) is 0 Å². The van der Waals surface area contributed by atoms with E-state index in [9.17, 15) is 13.2 Å². The predicted molar refractivity (Wildman–Crippen MR) is 96.9 cm³/mol. The fourth-order valence-electron chi connectivity index (χ4n) is 2.98. The van der Waals surface area contributed by atoms with Gasteiger partial charge in [-0.25, -0.2) is 13.4 Å². The number of hydrogen-bond donors (Lipinski definition) is 2. The van der Waals surface area contributed by atoms with Crippen LogP contribution in [0.25, 0.3) is 0 Å². The molecule has 8 nitrogen and oxygen atoms in total. The lowest BCUT2D eigenvalue weighted by molar-refractivity contribution is 0.0949. The molecule has 1 aromatic carbocycles. The highest BCUT2D eigenvalue weighted by molar-refractivity contribution is 7.89. The monoisotopic (exact) mass is 377 g/mol. The van der Waals surface area contributed by atoms with Gasteiger partial charge in [-0.1, -0.05) is 6.07 Å².